The number of halogens is 3. The standard InChI is InChI=1S/C15H14F3N/c1-9(19-2)10-3-5-11(6-4-10)15-13(17)7-12(16)8-14(15)18/h3-9,19H,1-2H3. The van der Waals surface area contributed by atoms with Crippen molar-refractivity contribution >= 4 is 0 Å². The predicted octanol–water partition coefficient (Wildman–Crippen LogP) is 4.05. The third-order valence-corrected chi connectivity index (χ3v) is 3.14. The third kappa shape index (κ3) is 2.79. The number of rotatable bonds is 3. The van der Waals surface area contributed by atoms with Crippen LogP contribution in [0.3, 0.4) is 0 Å². The van der Waals surface area contributed by atoms with Crippen LogP contribution in [-0.4, -0.2) is 7.05 Å². The lowest BCUT2D eigenvalue weighted by Gasteiger charge is -2.12. The molecule has 0 aromatic heterocycles. The summed E-state index contributed by atoms with van der Waals surface area (Å²) in [4.78, 5) is 0. The van der Waals surface area contributed by atoms with Crippen LogP contribution < -0.4 is 5.32 Å². The molecule has 1 nitrogen and oxygen atoms in total. The maximum absolute atomic E-state index is 13.6. The SMILES string of the molecule is CNC(C)c1ccc(-c2c(F)cc(F)cc2F)cc1. The molecule has 4 heteroatoms. The van der Waals surface area contributed by atoms with Crippen molar-refractivity contribution in [3.63, 3.8) is 0 Å². The molecule has 0 radical (unpaired) electrons. The molecule has 0 spiro atoms. The van der Waals surface area contributed by atoms with Crippen molar-refractivity contribution in [3.05, 3.63) is 59.4 Å². The second-order valence-electron chi connectivity index (χ2n) is 4.38. The number of nitrogens with one attached hydrogen (secondary N) is 1. The average Bonchev–Trinajstić information content (AvgIpc) is 2.37. The van der Waals surface area contributed by atoms with Gasteiger partial charge in [-0.15, -0.1) is 0 Å². The lowest BCUT2D eigenvalue weighted by Crippen LogP contribution is -2.11. The molecule has 19 heavy (non-hydrogen) atoms. The molecule has 0 saturated heterocycles. The largest absolute Gasteiger partial charge is 0.313 e. The van der Waals surface area contributed by atoms with Gasteiger partial charge in [-0.25, -0.2) is 13.2 Å². The fraction of sp³-hybridized carbons (Fsp3) is 0.200. The van der Waals surface area contributed by atoms with E-state index in [-0.39, 0.29) is 11.6 Å². The van der Waals surface area contributed by atoms with Crippen LogP contribution in [0.1, 0.15) is 18.5 Å². The van der Waals surface area contributed by atoms with E-state index in [1.807, 2.05) is 14.0 Å². The number of hydrogen-bond acceptors (Lipinski definition) is 1. The van der Waals surface area contributed by atoms with Gasteiger partial charge in [0.05, 0.1) is 5.56 Å². The van der Waals surface area contributed by atoms with E-state index < -0.39 is 17.5 Å². The van der Waals surface area contributed by atoms with Gasteiger partial charge in [0, 0.05) is 18.2 Å². The first-order valence-electron chi connectivity index (χ1n) is 5.95. The molecule has 0 aliphatic rings. The zero-order chi connectivity index (χ0) is 14.0. The summed E-state index contributed by atoms with van der Waals surface area (Å²) in [6.45, 7) is 1.98. The molecular formula is C15H14F3N. The van der Waals surface area contributed by atoms with Gasteiger partial charge in [-0.05, 0) is 25.1 Å². The Morgan fingerprint density at radius 2 is 1.47 bits per heavy atom. The maximum Gasteiger partial charge on any atom is 0.136 e. The van der Waals surface area contributed by atoms with E-state index in [2.05, 4.69) is 5.32 Å². The number of benzene rings is 2. The second-order valence-corrected chi connectivity index (χ2v) is 4.38. The summed E-state index contributed by atoms with van der Waals surface area (Å²) in [6.07, 6.45) is 0. The van der Waals surface area contributed by atoms with Gasteiger partial charge in [-0.2, -0.15) is 0 Å². The van der Waals surface area contributed by atoms with Crippen LogP contribution in [0.15, 0.2) is 36.4 Å². The van der Waals surface area contributed by atoms with Crippen LogP contribution in [-0.2, 0) is 0 Å². The maximum atomic E-state index is 13.6. The minimum Gasteiger partial charge on any atom is -0.313 e. The predicted molar refractivity (Wildman–Crippen MR) is 69.2 cm³/mol. The van der Waals surface area contributed by atoms with Crippen LogP contribution in [0.5, 0.6) is 0 Å². The van der Waals surface area contributed by atoms with Gasteiger partial charge in [-0.1, -0.05) is 24.3 Å². The van der Waals surface area contributed by atoms with Crippen LogP contribution in [0.4, 0.5) is 13.2 Å². The van der Waals surface area contributed by atoms with E-state index in [4.69, 9.17) is 0 Å². The normalized spacial score (nSPS) is 12.5. The highest BCUT2D eigenvalue weighted by Gasteiger charge is 2.13. The van der Waals surface area contributed by atoms with Crippen molar-refractivity contribution in [2.45, 2.75) is 13.0 Å². The van der Waals surface area contributed by atoms with Crippen molar-refractivity contribution in [3.8, 4) is 11.1 Å². The Hall–Kier alpha value is -1.81. The van der Waals surface area contributed by atoms with E-state index >= 15 is 0 Å². The lowest BCUT2D eigenvalue weighted by molar-refractivity contribution is 0.548. The molecule has 0 saturated carbocycles. The van der Waals surface area contributed by atoms with Crippen molar-refractivity contribution in [2.24, 2.45) is 0 Å². The Balaban J connectivity index is 2.43. The van der Waals surface area contributed by atoms with E-state index in [9.17, 15) is 13.2 Å². The minimum atomic E-state index is -0.917. The van der Waals surface area contributed by atoms with Gasteiger partial charge in [-0.3, -0.25) is 0 Å². The lowest BCUT2D eigenvalue weighted by atomic mass is 10.0. The van der Waals surface area contributed by atoms with E-state index in [1.165, 1.54) is 0 Å². The molecule has 2 aromatic rings. The second kappa shape index (κ2) is 5.45. The van der Waals surface area contributed by atoms with Crippen LogP contribution in [0.2, 0.25) is 0 Å². The first kappa shape index (κ1) is 13.6. The Kier molecular flexibility index (Phi) is 3.90. The molecule has 0 bridgehead atoms. The summed E-state index contributed by atoms with van der Waals surface area (Å²) in [5.74, 6) is -2.71. The Morgan fingerprint density at radius 3 is 1.95 bits per heavy atom. The topological polar surface area (TPSA) is 12.0 Å². The molecule has 0 heterocycles. The Labute approximate surface area is 110 Å². The van der Waals surface area contributed by atoms with Crippen LogP contribution in [0.25, 0.3) is 11.1 Å². The fourth-order valence-corrected chi connectivity index (χ4v) is 1.92. The molecule has 0 amide bonds. The molecule has 2 aromatic carbocycles. The zero-order valence-electron chi connectivity index (χ0n) is 10.7. The summed E-state index contributed by atoms with van der Waals surface area (Å²) in [5, 5.41) is 3.07. The Bertz CT molecular complexity index is 555. The summed E-state index contributed by atoms with van der Waals surface area (Å²) in [7, 11) is 1.83. The molecule has 1 N–H and O–H groups in total. The first-order valence-corrected chi connectivity index (χ1v) is 5.95. The van der Waals surface area contributed by atoms with Crippen molar-refractivity contribution in [1.29, 1.82) is 0 Å². The van der Waals surface area contributed by atoms with Crippen molar-refractivity contribution in [1.82, 2.24) is 5.32 Å². The first-order chi connectivity index (χ1) is 9.02. The summed E-state index contributed by atoms with van der Waals surface area (Å²) >= 11 is 0. The Morgan fingerprint density at radius 1 is 0.947 bits per heavy atom. The molecule has 0 aliphatic heterocycles. The van der Waals surface area contributed by atoms with E-state index in [0.717, 1.165) is 5.56 Å². The quantitative estimate of drug-likeness (QED) is 0.882. The summed E-state index contributed by atoms with van der Waals surface area (Å²) < 4.78 is 40.1. The highest BCUT2D eigenvalue weighted by Crippen LogP contribution is 2.28. The van der Waals surface area contributed by atoms with Gasteiger partial charge in [0.25, 0.3) is 0 Å². The smallest absolute Gasteiger partial charge is 0.136 e. The number of hydrogen-bond donors (Lipinski definition) is 1. The van der Waals surface area contributed by atoms with Crippen LogP contribution in [0, 0.1) is 17.5 Å². The average molecular weight is 265 g/mol. The molecule has 100 valence electrons. The van der Waals surface area contributed by atoms with Crippen LogP contribution >= 0.6 is 0 Å². The summed E-state index contributed by atoms with van der Waals surface area (Å²) in [6, 6.07) is 8.35. The third-order valence-electron chi connectivity index (χ3n) is 3.14. The fourth-order valence-electron chi connectivity index (χ4n) is 1.92. The van der Waals surface area contributed by atoms with Crippen molar-refractivity contribution in [2.75, 3.05) is 7.05 Å². The zero-order valence-corrected chi connectivity index (χ0v) is 10.7. The molecule has 2 rings (SSSR count). The minimum absolute atomic E-state index is 0.150. The van der Waals surface area contributed by atoms with Crippen molar-refractivity contribution < 1.29 is 13.2 Å². The van der Waals surface area contributed by atoms with Gasteiger partial charge < -0.3 is 5.32 Å². The monoisotopic (exact) mass is 265 g/mol. The molecular weight excluding hydrogens is 251 g/mol. The van der Waals surface area contributed by atoms with E-state index in [0.29, 0.717) is 17.7 Å². The van der Waals surface area contributed by atoms with Gasteiger partial charge in [0.15, 0.2) is 0 Å². The highest BCUT2D eigenvalue weighted by molar-refractivity contribution is 5.65. The van der Waals surface area contributed by atoms with Gasteiger partial charge in [0.2, 0.25) is 0 Å². The molecule has 0 aliphatic carbocycles. The molecule has 1 unspecified atom stereocenters. The highest BCUT2D eigenvalue weighted by atomic mass is 19.1. The van der Waals surface area contributed by atoms with E-state index in [1.54, 1.807) is 24.3 Å². The molecule has 1 atom stereocenters. The van der Waals surface area contributed by atoms with Gasteiger partial charge >= 0.3 is 0 Å². The summed E-state index contributed by atoms with van der Waals surface area (Å²) in [5.41, 5.74) is 1.20. The van der Waals surface area contributed by atoms with Gasteiger partial charge in [0.1, 0.15) is 17.5 Å². The molecule has 0 fully saturated rings.